The van der Waals surface area contributed by atoms with E-state index in [2.05, 4.69) is 16.0 Å². The molecule has 0 aromatic heterocycles. The van der Waals surface area contributed by atoms with Crippen molar-refractivity contribution in [2.45, 2.75) is 63.4 Å². The molecule has 4 N–H and O–H groups in total. The summed E-state index contributed by atoms with van der Waals surface area (Å²) in [6.45, 7) is 4.41. The minimum absolute atomic E-state index is 0.108. The zero-order valence-corrected chi connectivity index (χ0v) is 16.7. The quantitative estimate of drug-likeness (QED) is 0.520. The monoisotopic (exact) mass is 400 g/mol. The number of hydrogen-bond acceptors (Lipinski definition) is 6. The number of nitrogens with one attached hydrogen (secondary N) is 3. The summed E-state index contributed by atoms with van der Waals surface area (Å²) in [5, 5.41) is 19.9. The van der Waals surface area contributed by atoms with Gasteiger partial charge >= 0.3 is 0 Å². The number of fused-ring (bicyclic) bond motifs is 1. The van der Waals surface area contributed by atoms with Crippen molar-refractivity contribution >= 4 is 17.7 Å². The molecule has 3 amide bonds. The molecule has 156 valence electrons. The van der Waals surface area contributed by atoms with Gasteiger partial charge in [0, 0.05) is 31.1 Å². The second-order valence-electron chi connectivity index (χ2n) is 8.31. The van der Waals surface area contributed by atoms with Crippen LogP contribution in [0, 0.1) is 0 Å². The van der Waals surface area contributed by atoms with Gasteiger partial charge < -0.3 is 20.6 Å². The molecule has 8 heteroatoms. The van der Waals surface area contributed by atoms with Crippen molar-refractivity contribution in [3.8, 4) is 0 Å². The Bertz CT molecular complexity index is 834. The molecule has 0 spiro atoms. The highest BCUT2D eigenvalue weighted by atomic mass is 16.3. The molecule has 8 nitrogen and oxygen atoms in total. The standard InChI is InChI=1S/C21H28N4O4/c1-13(21(29)7-9-22-10-8-21)23-11-14-3-2-4-15-12-25(20(28)18(14)15)16-5-6-17(26)24-19(16)27/h2-4,13,16,22-23,29H,5-12H2,1H3,(H,24,26,27). The van der Waals surface area contributed by atoms with E-state index in [1.165, 1.54) is 0 Å². The fourth-order valence-corrected chi connectivity index (χ4v) is 4.58. The lowest BCUT2D eigenvalue weighted by molar-refractivity contribution is -0.136. The van der Waals surface area contributed by atoms with Gasteiger partial charge in [0.1, 0.15) is 6.04 Å². The Morgan fingerprint density at radius 2 is 2.03 bits per heavy atom. The maximum atomic E-state index is 13.1. The number of carbonyl (C=O) groups excluding carboxylic acids is 3. The summed E-state index contributed by atoms with van der Waals surface area (Å²) < 4.78 is 0. The molecule has 4 rings (SSSR count). The van der Waals surface area contributed by atoms with Crippen molar-refractivity contribution in [1.82, 2.24) is 20.9 Å². The number of rotatable bonds is 5. The van der Waals surface area contributed by atoms with Crippen LogP contribution in [0.25, 0.3) is 0 Å². The highest BCUT2D eigenvalue weighted by Gasteiger charge is 2.40. The van der Waals surface area contributed by atoms with Crippen LogP contribution in [-0.4, -0.2) is 58.5 Å². The Labute approximate surface area is 170 Å². The van der Waals surface area contributed by atoms with Crippen LogP contribution in [-0.2, 0) is 22.7 Å². The van der Waals surface area contributed by atoms with Gasteiger partial charge in [-0.15, -0.1) is 0 Å². The third kappa shape index (κ3) is 3.80. The van der Waals surface area contributed by atoms with E-state index in [9.17, 15) is 19.5 Å². The first-order valence-electron chi connectivity index (χ1n) is 10.3. The van der Waals surface area contributed by atoms with E-state index < -0.39 is 17.6 Å². The number of aliphatic hydroxyl groups is 1. The minimum Gasteiger partial charge on any atom is -0.388 e. The summed E-state index contributed by atoms with van der Waals surface area (Å²) in [4.78, 5) is 38.4. The van der Waals surface area contributed by atoms with Crippen molar-refractivity contribution in [2.24, 2.45) is 0 Å². The van der Waals surface area contributed by atoms with Crippen LogP contribution in [0.15, 0.2) is 18.2 Å². The Kier molecular flexibility index (Phi) is 5.42. The van der Waals surface area contributed by atoms with Crippen LogP contribution in [0.5, 0.6) is 0 Å². The predicted octanol–water partition coefficient (Wildman–Crippen LogP) is 0.0402. The van der Waals surface area contributed by atoms with Crippen LogP contribution >= 0.6 is 0 Å². The molecule has 0 aliphatic carbocycles. The van der Waals surface area contributed by atoms with Crippen LogP contribution in [0.3, 0.4) is 0 Å². The summed E-state index contributed by atoms with van der Waals surface area (Å²) in [5.74, 6) is -0.853. The van der Waals surface area contributed by atoms with Crippen molar-refractivity contribution in [2.75, 3.05) is 13.1 Å². The molecule has 0 bridgehead atoms. The molecule has 0 radical (unpaired) electrons. The molecule has 2 saturated heterocycles. The predicted molar refractivity (Wildman–Crippen MR) is 106 cm³/mol. The van der Waals surface area contributed by atoms with Gasteiger partial charge in [0.2, 0.25) is 11.8 Å². The smallest absolute Gasteiger partial charge is 0.255 e. The Hall–Kier alpha value is -2.29. The van der Waals surface area contributed by atoms with Gasteiger partial charge in [0.05, 0.1) is 5.60 Å². The maximum Gasteiger partial charge on any atom is 0.255 e. The molecule has 29 heavy (non-hydrogen) atoms. The van der Waals surface area contributed by atoms with Crippen molar-refractivity contribution < 1.29 is 19.5 Å². The average molecular weight is 400 g/mol. The van der Waals surface area contributed by atoms with Crippen LogP contribution in [0.1, 0.15) is 54.1 Å². The Balaban J connectivity index is 1.47. The molecule has 0 saturated carbocycles. The van der Waals surface area contributed by atoms with E-state index in [0.29, 0.717) is 37.9 Å². The third-order valence-corrected chi connectivity index (χ3v) is 6.51. The molecule has 2 unspecified atom stereocenters. The summed E-state index contributed by atoms with van der Waals surface area (Å²) in [7, 11) is 0. The lowest BCUT2D eigenvalue weighted by Crippen LogP contribution is -2.54. The number of amides is 3. The molecular formula is C21H28N4O4. The molecular weight excluding hydrogens is 372 g/mol. The molecule has 3 heterocycles. The lowest BCUT2D eigenvalue weighted by Gasteiger charge is -2.38. The molecule has 1 aromatic rings. The number of benzene rings is 1. The van der Waals surface area contributed by atoms with Gasteiger partial charge in [-0.25, -0.2) is 0 Å². The first-order chi connectivity index (χ1) is 13.9. The lowest BCUT2D eigenvalue weighted by atomic mass is 9.85. The fourth-order valence-electron chi connectivity index (χ4n) is 4.58. The zero-order chi connectivity index (χ0) is 20.6. The molecule has 1 aromatic carbocycles. The van der Waals surface area contributed by atoms with Crippen LogP contribution in [0.2, 0.25) is 0 Å². The summed E-state index contributed by atoms with van der Waals surface area (Å²) >= 11 is 0. The second kappa shape index (κ2) is 7.85. The van der Waals surface area contributed by atoms with Gasteiger partial charge in [-0.3, -0.25) is 19.7 Å². The number of nitrogens with zero attached hydrogens (tertiary/aromatic N) is 1. The van der Waals surface area contributed by atoms with Gasteiger partial charge in [-0.1, -0.05) is 18.2 Å². The molecule has 3 aliphatic rings. The van der Waals surface area contributed by atoms with E-state index in [1.807, 2.05) is 25.1 Å². The number of piperidine rings is 2. The summed E-state index contributed by atoms with van der Waals surface area (Å²) in [6, 6.07) is 5.02. The number of imide groups is 1. The molecule has 2 fully saturated rings. The SMILES string of the molecule is CC(NCc1cccc2c1C(=O)N(C1CCC(=O)NC1=O)C2)C1(O)CCNCC1. The van der Waals surface area contributed by atoms with E-state index in [0.717, 1.165) is 24.2 Å². The molecule has 2 atom stereocenters. The first-order valence-corrected chi connectivity index (χ1v) is 10.3. The number of hydrogen-bond donors (Lipinski definition) is 4. The Morgan fingerprint density at radius 3 is 2.76 bits per heavy atom. The first kappa shape index (κ1) is 20.0. The van der Waals surface area contributed by atoms with E-state index in [4.69, 9.17) is 0 Å². The van der Waals surface area contributed by atoms with Gasteiger partial charge in [0.15, 0.2) is 0 Å². The Morgan fingerprint density at radius 1 is 1.28 bits per heavy atom. The largest absolute Gasteiger partial charge is 0.388 e. The van der Waals surface area contributed by atoms with Crippen LogP contribution in [0.4, 0.5) is 0 Å². The van der Waals surface area contributed by atoms with E-state index in [1.54, 1.807) is 4.90 Å². The average Bonchev–Trinajstić information content (AvgIpc) is 3.04. The zero-order valence-electron chi connectivity index (χ0n) is 16.7. The normalized spacial score (nSPS) is 25.0. The maximum absolute atomic E-state index is 13.1. The summed E-state index contributed by atoms with van der Waals surface area (Å²) in [5.41, 5.74) is 1.64. The van der Waals surface area contributed by atoms with Gasteiger partial charge in [0.25, 0.3) is 5.91 Å². The topological polar surface area (TPSA) is 111 Å². The minimum atomic E-state index is -0.758. The van der Waals surface area contributed by atoms with Crippen molar-refractivity contribution in [3.05, 3.63) is 34.9 Å². The molecule has 3 aliphatic heterocycles. The highest BCUT2D eigenvalue weighted by Crippen LogP contribution is 2.30. The van der Waals surface area contributed by atoms with Crippen molar-refractivity contribution in [3.63, 3.8) is 0 Å². The van der Waals surface area contributed by atoms with E-state index >= 15 is 0 Å². The second-order valence-corrected chi connectivity index (χ2v) is 8.31. The van der Waals surface area contributed by atoms with Crippen molar-refractivity contribution in [1.29, 1.82) is 0 Å². The van der Waals surface area contributed by atoms with E-state index in [-0.39, 0.29) is 24.3 Å². The van der Waals surface area contributed by atoms with Gasteiger partial charge in [-0.05, 0) is 50.4 Å². The van der Waals surface area contributed by atoms with Crippen LogP contribution < -0.4 is 16.0 Å². The number of carbonyl (C=O) groups is 3. The third-order valence-electron chi connectivity index (χ3n) is 6.51. The fraction of sp³-hybridized carbons (Fsp3) is 0.571. The van der Waals surface area contributed by atoms with Gasteiger partial charge in [-0.2, -0.15) is 0 Å². The summed E-state index contributed by atoms with van der Waals surface area (Å²) in [6.07, 6.45) is 1.98. The highest BCUT2D eigenvalue weighted by molar-refractivity contribution is 6.05.